The quantitative estimate of drug-likeness (QED) is 0.365. The fourth-order valence-corrected chi connectivity index (χ4v) is 3.86. The van der Waals surface area contributed by atoms with Crippen molar-refractivity contribution < 1.29 is 28.4 Å². The van der Waals surface area contributed by atoms with Crippen LogP contribution in [0.15, 0.2) is 48.7 Å². The van der Waals surface area contributed by atoms with Crippen LogP contribution in [0.3, 0.4) is 0 Å². The van der Waals surface area contributed by atoms with Gasteiger partial charge in [-0.2, -0.15) is 0 Å². The molecule has 0 aliphatic rings. The first-order valence-electron chi connectivity index (χ1n) is 10.7. The van der Waals surface area contributed by atoms with Crippen LogP contribution in [0.25, 0.3) is 34.0 Å². The van der Waals surface area contributed by atoms with E-state index in [4.69, 9.17) is 33.4 Å². The number of ether oxygens (including phenoxy) is 6. The molecule has 4 aromatic rings. The van der Waals surface area contributed by atoms with Crippen LogP contribution in [0.4, 0.5) is 0 Å². The SMILES string of the molecule is COc1cc(-c2nc(-c3ccccn3)[nH]c2-c2cc(OC)c(OC)c(OC)c2)cc(OC)c1OC. The van der Waals surface area contributed by atoms with Gasteiger partial charge in [-0.1, -0.05) is 6.07 Å². The van der Waals surface area contributed by atoms with E-state index >= 15 is 0 Å². The summed E-state index contributed by atoms with van der Waals surface area (Å²) in [4.78, 5) is 12.8. The Hall–Kier alpha value is -4.40. The van der Waals surface area contributed by atoms with Gasteiger partial charge in [0.1, 0.15) is 5.69 Å². The van der Waals surface area contributed by atoms with Gasteiger partial charge in [-0.25, -0.2) is 4.98 Å². The molecule has 0 bridgehead atoms. The Morgan fingerprint density at radius 1 is 0.629 bits per heavy atom. The maximum absolute atomic E-state index is 5.57. The number of nitrogens with one attached hydrogen (secondary N) is 1. The predicted octanol–water partition coefficient (Wildman–Crippen LogP) is 4.86. The molecular weight excluding hydrogens is 450 g/mol. The number of nitrogens with zero attached hydrogens (tertiary/aromatic N) is 2. The Morgan fingerprint density at radius 3 is 1.57 bits per heavy atom. The molecule has 0 amide bonds. The van der Waals surface area contributed by atoms with Crippen molar-refractivity contribution in [1.82, 2.24) is 15.0 Å². The molecule has 1 N–H and O–H groups in total. The van der Waals surface area contributed by atoms with Crippen LogP contribution >= 0.6 is 0 Å². The average molecular weight is 478 g/mol. The Balaban J connectivity index is 2.00. The molecule has 0 unspecified atom stereocenters. The van der Waals surface area contributed by atoms with Gasteiger partial charge in [0.15, 0.2) is 28.8 Å². The third kappa shape index (κ3) is 4.40. The van der Waals surface area contributed by atoms with Gasteiger partial charge >= 0.3 is 0 Å². The molecule has 2 heterocycles. The third-order valence-corrected chi connectivity index (χ3v) is 5.50. The zero-order valence-electron chi connectivity index (χ0n) is 20.5. The van der Waals surface area contributed by atoms with E-state index in [2.05, 4.69) is 9.97 Å². The van der Waals surface area contributed by atoms with Gasteiger partial charge in [-0.3, -0.25) is 4.98 Å². The summed E-state index contributed by atoms with van der Waals surface area (Å²) in [5.74, 6) is 3.66. The van der Waals surface area contributed by atoms with Crippen LogP contribution in [0.1, 0.15) is 0 Å². The van der Waals surface area contributed by atoms with Crippen molar-refractivity contribution >= 4 is 0 Å². The highest BCUT2D eigenvalue weighted by Gasteiger charge is 2.23. The zero-order valence-corrected chi connectivity index (χ0v) is 20.5. The Bertz CT molecular complexity index is 1190. The fraction of sp³-hybridized carbons (Fsp3) is 0.231. The van der Waals surface area contributed by atoms with Gasteiger partial charge in [0, 0.05) is 17.3 Å². The lowest BCUT2D eigenvalue weighted by Crippen LogP contribution is -1.97. The standard InChI is InChI=1S/C26H27N3O6/c1-30-18-11-15(12-19(31-2)24(18)34-5)22-23(29-26(28-22)17-9-7-8-10-27-17)16-13-20(32-3)25(35-6)21(14-16)33-4/h7-14H,1-6H3,(H,28,29). The smallest absolute Gasteiger partial charge is 0.203 e. The largest absolute Gasteiger partial charge is 0.493 e. The molecule has 2 aromatic heterocycles. The number of hydrogen-bond acceptors (Lipinski definition) is 8. The number of aromatic nitrogens is 3. The van der Waals surface area contributed by atoms with E-state index in [1.807, 2.05) is 42.5 Å². The van der Waals surface area contributed by atoms with Crippen LogP contribution in [0.2, 0.25) is 0 Å². The monoisotopic (exact) mass is 477 g/mol. The van der Waals surface area contributed by atoms with Crippen LogP contribution < -0.4 is 28.4 Å². The maximum atomic E-state index is 5.57. The Morgan fingerprint density at radius 2 is 1.14 bits per heavy atom. The van der Waals surface area contributed by atoms with Crippen LogP contribution in [-0.4, -0.2) is 57.6 Å². The van der Waals surface area contributed by atoms with Gasteiger partial charge in [0.05, 0.1) is 54.0 Å². The summed E-state index contributed by atoms with van der Waals surface area (Å²) in [6.07, 6.45) is 1.72. The average Bonchev–Trinajstić information content (AvgIpc) is 3.37. The van der Waals surface area contributed by atoms with Crippen molar-refractivity contribution in [1.29, 1.82) is 0 Å². The molecule has 4 rings (SSSR count). The molecule has 182 valence electrons. The molecule has 9 heteroatoms. The molecular formula is C26H27N3O6. The number of hydrogen-bond donors (Lipinski definition) is 1. The number of rotatable bonds is 9. The first-order chi connectivity index (χ1) is 17.1. The summed E-state index contributed by atoms with van der Waals surface area (Å²) in [6, 6.07) is 13.1. The lowest BCUT2D eigenvalue weighted by Gasteiger charge is -2.15. The molecule has 0 fully saturated rings. The molecule has 0 saturated carbocycles. The molecule has 2 aromatic carbocycles. The van der Waals surface area contributed by atoms with E-state index in [0.717, 1.165) is 16.8 Å². The van der Waals surface area contributed by atoms with Gasteiger partial charge in [0.25, 0.3) is 0 Å². The number of aromatic amines is 1. The van der Waals surface area contributed by atoms with Crippen LogP contribution in [0.5, 0.6) is 34.5 Å². The number of pyridine rings is 1. The number of benzene rings is 2. The van der Waals surface area contributed by atoms with E-state index in [1.54, 1.807) is 48.9 Å². The summed E-state index contributed by atoms with van der Waals surface area (Å²) >= 11 is 0. The molecule has 35 heavy (non-hydrogen) atoms. The molecule has 9 nitrogen and oxygen atoms in total. The summed E-state index contributed by atoms with van der Waals surface area (Å²) in [6.45, 7) is 0. The van der Waals surface area contributed by atoms with E-state index < -0.39 is 0 Å². The van der Waals surface area contributed by atoms with Crippen molar-refractivity contribution in [2.24, 2.45) is 0 Å². The van der Waals surface area contributed by atoms with Crippen molar-refractivity contribution in [3.05, 3.63) is 48.7 Å². The summed E-state index contributed by atoms with van der Waals surface area (Å²) < 4.78 is 33.3. The minimum absolute atomic E-state index is 0.494. The highest BCUT2D eigenvalue weighted by Crippen LogP contribution is 2.46. The fourth-order valence-electron chi connectivity index (χ4n) is 3.86. The summed E-state index contributed by atoms with van der Waals surface area (Å²) in [7, 11) is 9.43. The maximum Gasteiger partial charge on any atom is 0.203 e. The van der Waals surface area contributed by atoms with Gasteiger partial charge in [-0.05, 0) is 36.4 Å². The number of methoxy groups -OCH3 is 6. The number of H-pyrrole nitrogens is 1. The highest BCUT2D eigenvalue weighted by molar-refractivity contribution is 5.84. The minimum Gasteiger partial charge on any atom is -0.493 e. The molecule has 0 aliphatic heterocycles. The van der Waals surface area contributed by atoms with Crippen LogP contribution in [-0.2, 0) is 0 Å². The predicted molar refractivity (Wildman–Crippen MR) is 132 cm³/mol. The summed E-state index contributed by atoms with van der Waals surface area (Å²) in [5.41, 5.74) is 3.60. The first-order valence-corrected chi connectivity index (χ1v) is 10.7. The van der Waals surface area contributed by atoms with Crippen molar-refractivity contribution in [2.75, 3.05) is 42.7 Å². The first kappa shape index (κ1) is 23.7. The normalized spacial score (nSPS) is 10.6. The third-order valence-electron chi connectivity index (χ3n) is 5.50. The van der Waals surface area contributed by atoms with Crippen molar-refractivity contribution in [2.45, 2.75) is 0 Å². The van der Waals surface area contributed by atoms with Crippen LogP contribution in [0, 0.1) is 0 Å². The molecule has 0 spiro atoms. The second-order valence-corrected chi connectivity index (χ2v) is 7.35. The van der Waals surface area contributed by atoms with Gasteiger partial charge in [-0.15, -0.1) is 0 Å². The van der Waals surface area contributed by atoms with Crippen molar-refractivity contribution in [3.63, 3.8) is 0 Å². The zero-order chi connectivity index (χ0) is 24.9. The van der Waals surface area contributed by atoms with E-state index in [1.165, 1.54) is 0 Å². The molecule has 0 radical (unpaired) electrons. The lowest BCUT2D eigenvalue weighted by molar-refractivity contribution is 0.324. The topological polar surface area (TPSA) is 97.0 Å². The van der Waals surface area contributed by atoms with E-state index in [0.29, 0.717) is 51.7 Å². The second-order valence-electron chi connectivity index (χ2n) is 7.35. The Labute approximate surface area is 203 Å². The van der Waals surface area contributed by atoms with E-state index in [-0.39, 0.29) is 0 Å². The minimum atomic E-state index is 0.494. The van der Waals surface area contributed by atoms with Gasteiger partial charge in [0.2, 0.25) is 11.5 Å². The molecule has 0 aliphatic carbocycles. The van der Waals surface area contributed by atoms with Crippen molar-refractivity contribution in [3.8, 4) is 68.5 Å². The second kappa shape index (κ2) is 10.3. The number of imidazole rings is 1. The summed E-state index contributed by atoms with van der Waals surface area (Å²) in [5, 5.41) is 0. The molecule has 0 saturated heterocycles. The van der Waals surface area contributed by atoms with E-state index in [9.17, 15) is 0 Å². The van der Waals surface area contributed by atoms with Gasteiger partial charge < -0.3 is 33.4 Å². The lowest BCUT2D eigenvalue weighted by atomic mass is 10.0. The highest BCUT2D eigenvalue weighted by atomic mass is 16.5. The Kier molecular flexibility index (Phi) is 6.96. The molecule has 0 atom stereocenters.